The fourth-order valence-electron chi connectivity index (χ4n) is 4.06. The molecule has 0 aliphatic heterocycles. The summed E-state index contributed by atoms with van der Waals surface area (Å²) >= 11 is 0. The number of sulfonamides is 1. The highest BCUT2D eigenvalue weighted by molar-refractivity contribution is 7.92. The molecule has 1 fully saturated rings. The number of hydrogen-bond acceptors (Lipinski definition) is 5. The first-order chi connectivity index (χ1) is 16.2. The molecule has 1 aromatic carbocycles. The second-order valence-corrected chi connectivity index (χ2v) is 10.4. The van der Waals surface area contributed by atoms with Gasteiger partial charge in [0.2, 0.25) is 5.91 Å². The summed E-state index contributed by atoms with van der Waals surface area (Å²) in [4.78, 5) is 25.3. The summed E-state index contributed by atoms with van der Waals surface area (Å²) in [7, 11) is -4.15. The lowest BCUT2D eigenvalue weighted by molar-refractivity contribution is -0.122. The normalized spacial score (nSPS) is 15.5. The van der Waals surface area contributed by atoms with Gasteiger partial charge in [0, 0.05) is 18.2 Å². The number of aromatic nitrogens is 2. The molecule has 11 heteroatoms. The van der Waals surface area contributed by atoms with E-state index < -0.39 is 21.7 Å². The van der Waals surface area contributed by atoms with Crippen molar-refractivity contribution in [1.82, 2.24) is 20.4 Å². The molecule has 1 heterocycles. The van der Waals surface area contributed by atoms with Gasteiger partial charge in [-0.15, -0.1) is 0 Å². The summed E-state index contributed by atoms with van der Waals surface area (Å²) < 4.78 is 42.4. The number of rotatable bonds is 10. The molecule has 0 saturated heterocycles. The number of amides is 2. The van der Waals surface area contributed by atoms with Crippen LogP contribution in [0, 0.1) is 5.82 Å². The average molecular weight is 494 g/mol. The van der Waals surface area contributed by atoms with E-state index in [9.17, 15) is 22.4 Å². The van der Waals surface area contributed by atoms with Crippen LogP contribution in [-0.2, 0) is 21.4 Å². The monoisotopic (exact) mass is 493 g/mol. The molecule has 9 nitrogen and oxygen atoms in total. The maximum Gasteiger partial charge on any atom is 0.269 e. The molecule has 0 spiro atoms. The zero-order valence-electron chi connectivity index (χ0n) is 19.5. The summed E-state index contributed by atoms with van der Waals surface area (Å²) in [5.41, 5.74) is 0.0543. The average Bonchev–Trinajstić information content (AvgIpc) is 3.15. The Morgan fingerprint density at radius 1 is 1.21 bits per heavy atom. The minimum Gasteiger partial charge on any atom is -0.352 e. The van der Waals surface area contributed by atoms with Crippen LogP contribution < -0.4 is 15.4 Å². The molecule has 1 aliphatic rings. The fraction of sp³-hybridized carbons (Fsp3) is 0.522. The van der Waals surface area contributed by atoms with Crippen LogP contribution in [0.25, 0.3) is 0 Å². The molecular formula is C23H32FN5O4S. The highest BCUT2D eigenvalue weighted by Gasteiger charge is 2.23. The van der Waals surface area contributed by atoms with Crippen LogP contribution in [0.15, 0.2) is 35.2 Å². The van der Waals surface area contributed by atoms with E-state index in [1.54, 1.807) is 0 Å². The van der Waals surface area contributed by atoms with Crippen LogP contribution in [0.5, 0.6) is 0 Å². The van der Waals surface area contributed by atoms with Crippen molar-refractivity contribution in [2.75, 3.05) is 4.72 Å². The Kier molecular flexibility index (Phi) is 8.65. The van der Waals surface area contributed by atoms with Gasteiger partial charge in [0.15, 0.2) is 5.82 Å². The lowest BCUT2D eigenvalue weighted by Gasteiger charge is -2.22. The molecule has 34 heavy (non-hydrogen) atoms. The first-order valence-corrected chi connectivity index (χ1v) is 13.1. The number of anilines is 1. The topological polar surface area (TPSA) is 122 Å². The Bertz CT molecular complexity index is 1110. The lowest BCUT2D eigenvalue weighted by atomic mass is 9.95. The quantitative estimate of drug-likeness (QED) is 0.469. The van der Waals surface area contributed by atoms with Crippen molar-refractivity contribution in [2.24, 2.45) is 0 Å². The number of hydrogen-bond donors (Lipinski definition) is 3. The predicted octanol–water partition coefficient (Wildman–Crippen LogP) is 3.19. The molecule has 3 N–H and O–H groups in total. The van der Waals surface area contributed by atoms with E-state index >= 15 is 0 Å². The molecule has 2 amide bonds. The number of nitrogens with one attached hydrogen (secondary N) is 3. The second-order valence-electron chi connectivity index (χ2n) is 8.70. The van der Waals surface area contributed by atoms with Gasteiger partial charge in [-0.05, 0) is 44.4 Å². The zero-order chi connectivity index (χ0) is 24.7. The van der Waals surface area contributed by atoms with Gasteiger partial charge >= 0.3 is 0 Å². The molecule has 0 radical (unpaired) electrons. The maximum absolute atomic E-state index is 13.5. The van der Waals surface area contributed by atoms with E-state index in [0.29, 0.717) is 0 Å². The van der Waals surface area contributed by atoms with E-state index in [1.165, 1.54) is 22.9 Å². The van der Waals surface area contributed by atoms with Crippen molar-refractivity contribution in [3.8, 4) is 0 Å². The van der Waals surface area contributed by atoms with Crippen molar-refractivity contribution < 1.29 is 22.4 Å². The highest BCUT2D eigenvalue weighted by atomic mass is 32.2. The van der Waals surface area contributed by atoms with Crippen LogP contribution in [0.4, 0.5) is 10.2 Å². The molecule has 1 saturated carbocycles. The van der Waals surface area contributed by atoms with E-state index in [2.05, 4.69) is 20.5 Å². The van der Waals surface area contributed by atoms with Gasteiger partial charge in [0.05, 0.1) is 4.90 Å². The first-order valence-electron chi connectivity index (χ1n) is 11.6. The van der Waals surface area contributed by atoms with Crippen LogP contribution in [0.3, 0.4) is 0 Å². The Morgan fingerprint density at radius 2 is 1.94 bits per heavy atom. The van der Waals surface area contributed by atoms with E-state index in [1.807, 2.05) is 13.8 Å². The smallest absolute Gasteiger partial charge is 0.269 e. The maximum atomic E-state index is 13.5. The second kappa shape index (κ2) is 11.5. The number of halogens is 1. The minimum atomic E-state index is -4.15. The summed E-state index contributed by atoms with van der Waals surface area (Å²) in [6, 6.07) is 5.81. The van der Waals surface area contributed by atoms with Crippen molar-refractivity contribution >= 4 is 27.7 Å². The minimum absolute atomic E-state index is 0.0543. The highest BCUT2D eigenvalue weighted by Crippen LogP contribution is 2.19. The van der Waals surface area contributed by atoms with Crippen LogP contribution in [-0.4, -0.2) is 42.1 Å². The van der Waals surface area contributed by atoms with Gasteiger partial charge in [0.1, 0.15) is 18.1 Å². The Labute approximate surface area is 199 Å². The molecule has 1 aliphatic carbocycles. The number of carbonyl (C=O) groups is 2. The van der Waals surface area contributed by atoms with Crippen LogP contribution in [0.1, 0.15) is 69.3 Å². The zero-order valence-corrected chi connectivity index (χ0v) is 20.3. The van der Waals surface area contributed by atoms with Crippen molar-refractivity contribution in [3.05, 3.63) is 41.8 Å². The molecule has 1 aromatic heterocycles. The fourth-order valence-corrected chi connectivity index (χ4v) is 5.08. The Hall–Kier alpha value is -2.95. The molecule has 3 rings (SSSR count). The third-order valence-electron chi connectivity index (χ3n) is 5.72. The van der Waals surface area contributed by atoms with Gasteiger partial charge in [0.25, 0.3) is 15.9 Å². The van der Waals surface area contributed by atoms with Gasteiger partial charge in [-0.2, -0.15) is 5.10 Å². The summed E-state index contributed by atoms with van der Waals surface area (Å²) in [6.07, 6.45) is 6.73. The van der Waals surface area contributed by atoms with Crippen molar-refractivity contribution in [3.63, 3.8) is 0 Å². The standard InChI is InChI=1S/C23H32FN5O4S/c1-3-8-16(2)25-23(31)20-14-21(28-34(32,33)19-12-7-9-17(24)13-19)27-29(20)15-22(30)26-18-10-5-4-6-11-18/h7,9,12-14,16,18H,3-6,8,10-11,15H2,1-2H3,(H,25,31)(H,26,30)(H,27,28)/t16-/m1/s1. The third-order valence-corrected chi connectivity index (χ3v) is 7.07. The summed E-state index contributed by atoms with van der Waals surface area (Å²) in [5.74, 6) is -1.60. The predicted molar refractivity (Wildman–Crippen MR) is 126 cm³/mol. The molecule has 0 bridgehead atoms. The number of benzene rings is 1. The van der Waals surface area contributed by atoms with Gasteiger partial charge in [-0.25, -0.2) is 17.5 Å². The first kappa shape index (κ1) is 25.7. The molecule has 2 aromatic rings. The van der Waals surface area contributed by atoms with Crippen molar-refractivity contribution in [2.45, 2.75) is 82.3 Å². The van der Waals surface area contributed by atoms with E-state index in [-0.39, 0.29) is 40.9 Å². The van der Waals surface area contributed by atoms with Gasteiger partial charge < -0.3 is 10.6 Å². The molecule has 0 unspecified atom stereocenters. The largest absolute Gasteiger partial charge is 0.352 e. The van der Waals surface area contributed by atoms with E-state index in [4.69, 9.17) is 0 Å². The molecule has 186 valence electrons. The Morgan fingerprint density at radius 3 is 2.62 bits per heavy atom. The van der Waals surface area contributed by atoms with Gasteiger partial charge in [-0.3, -0.25) is 14.3 Å². The van der Waals surface area contributed by atoms with Crippen molar-refractivity contribution in [1.29, 1.82) is 0 Å². The van der Waals surface area contributed by atoms with Crippen LogP contribution in [0.2, 0.25) is 0 Å². The third kappa shape index (κ3) is 7.02. The molecule has 1 atom stereocenters. The number of carbonyl (C=O) groups excluding carboxylic acids is 2. The van der Waals surface area contributed by atoms with Gasteiger partial charge in [-0.1, -0.05) is 38.7 Å². The van der Waals surface area contributed by atoms with Crippen LogP contribution >= 0.6 is 0 Å². The SMILES string of the molecule is CCC[C@@H](C)NC(=O)c1cc(NS(=O)(=O)c2cccc(F)c2)nn1CC(=O)NC1CCCCC1. The summed E-state index contributed by atoms with van der Waals surface area (Å²) in [5, 5.41) is 9.98. The van der Waals surface area contributed by atoms with E-state index in [0.717, 1.165) is 57.1 Å². The summed E-state index contributed by atoms with van der Waals surface area (Å²) in [6.45, 7) is 3.64. The Balaban J connectivity index is 1.82. The number of nitrogens with zero attached hydrogens (tertiary/aromatic N) is 2. The molecular weight excluding hydrogens is 461 g/mol. The lowest BCUT2D eigenvalue weighted by Crippen LogP contribution is -2.39.